The third kappa shape index (κ3) is 2.48. The molecule has 1 aliphatic rings. The van der Waals surface area contributed by atoms with E-state index in [-0.39, 0.29) is 6.42 Å². The van der Waals surface area contributed by atoms with Crippen LogP contribution in [0.4, 0.5) is 0 Å². The number of hydrogen-bond donors (Lipinski definition) is 6. The first kappa shape index (κ1) is 15.3. The van der Waals surface area contributed by atoms with Crippen molar-refractivity contribution in [1.29, 1.82) is 0 Å². The van der Waals surface area contributed by atoms with Crippen LogP contribution >= 0.6 is 0 Å². The van der Waals surface area contributed by atoms with Crippen LogP contribution in [0.3, 0.4) is 0 Å². The SMILES string of the molecule is CC[C@]1(O)O[C@H](CO)[C@@H](O)[C@](N)(O)[C@H]1NC(C)=O. The normalized spacial score (nSPS) is 44.7. The minimum atomic E-state index is -2.32. The number of rotatable bonds is 3. The van der Waals surface area contributed by atoms with Crippen LogP contribution < -0.4 is 11.1 Å². The van der Waals surface area contributed by atoms with Crippen molar-refractivity contribution in [1.82, 2.24) is 5.32 Å². The molecule has 1 heterocycles. The smallest absolute Gasteiger partial charge is 0.217 e. The molecule has 1 amide bonds. The van der Waals surface area contributed by atoms with E-state index in [0.29, 0.717) is 0 Å². The van der Waals surface area contributed by atoms with E-state index in [1.807, 2.05) is 0 Å². The molecule has 1 saturated heterocycles. The Labute approximate surface area is 104 Å². The fourth-order valence-corrected chi connectivity index (χ4v) is 2.08. The third-order valence-corrected chi connectivity index (χ3v) is 3.13. The largest absolute Gasteiger partial charge is 0.394 e. The second-order valence-electron chi connectivity index (χ2n) is 4.50. The second kappa shape index (κ2) is 5.08. The number of nitrogens with one attached hydrogen (secondary N) is 1. The fraction of sp³-hybridized carbons (Fsp3) is 0.900. The highest BCUT2D eigenvalue weighted by atomic mass is 16.6. The van der Waals surface area contributed by atoms with E-state index in [1.165, 1.54) is 6.92 Å². The molecule has 0 unspecified atom stereocenters. The van der Waals surface area contributed by atoms with Crippen LogP contribution in [0.5, 0.6) is 0 Å². The van der Waals surface area contributed by atoms with Gasteiger partial charge in [-0.2, -0.15) is 0 Å². The Morgan fingerprint density at radius 1 is 1.50 bits per heavy atom. The Balaban J connectivity index is 3.13. The number of hydrogen-bond acceptors (Lipinski definition) is 7. The zero-order valence-electron chi connectivity index (χ0n) is 10.3. The molecule has 1 fully saturated rings. The minimum absolute atomic E-state index is 0.000671. The molecule has 0 aromatic rings. The van der Waals surface area contributed by atoms with Crippen molar-refractivity contribution in [2.24, 2.45) is 5.73 Å². The molecule has 8 heteroatoms. The van der Waals surface area contributed by atoms with Crippen LogP contribution in [0, 0.1) is 0 Å². The Kier molecular flexibility index (Phi) is 4.31. The molecule has 18 heavy (non-hydrogen) atoms. The van der Waals surface area contributed by atoms with E-state index in [2.05, 4.69) is 5.32 Å². The average Bonchev–Trinajstić information content (AvgIpc) is 2.30. The van der Waals surface area contributed by atoms with Crippen molar-refractivity contribution >= 4 is 5.91 Å². The lowest BCUT2D eigenvalue weighted by Gasteiger charge is -2.52. The maximum Gasteiger partial charge on any atom is 0.217 e. The first-order valence-electron chi connectivity index (χ1n) is 5.66. The van der Waals surface area contributed by atoms with Crippen LogP contribution in [0.1, 0.15) is 20.3 Å². The number of aliphatic hydroxyl groups excluding tert-OH is 2. The van der Waals surface area contributed by atoms with Gasteiger partial charge in [-0.05, 0) is 0 Å². The van der Waals surface area contributed by atoms with Crippen LogP contribution in [0.25, 0.3) is 0 Å². The van der Waals surface area contributed by atoms with Gasteiger partial charge in [-0.3, -0.25) is 10.5 Å². The standard InChI is InChI=1S/C10H20N2O6/c1-3-9(16)8(12-5(2)14)10(11,17)7(15)6(4-13)18-9/h6-8,13,15-17H,3-4,11H2,1-2H3,(H,12,14)/t6-,7-,8+,9+,10+/m1/s1. The van der Waals surface area contributed by atoms with Crippen molar-refractivity contribution in [3.05, 3.63) is 0 Å². The number of aliphatic hydroxyl groups is 4. The lowest BCUT2D eigenvalue weighted by molar-refractivity contribution is -0.343. The third-order valence-electron chi connectivity index (χ3n) is 3.13. The molecule has 106 valence electrons. The molecule has 0 radical (unpaired) electrons. The summed E-state index contributed by atoms with van der Waals surface area (Å²) in [4.78, 5) is 11.1. The summed E-state index contributed by atoms with van der Waals surface area (Å²) in [5.74, 6) is -2.52. The predicted molar refractivity (Wildman–Crippen MR) is 59.9 cm³/mol. The van der Waals surface area contributed by atoms with E-state index in [9.17, 15) is 20.1 Å². The Morgan fingerprint density at radius 3 is 2.44 bits per heavy atom. The fourth-order valence-electron chi connectivity index (χ4n) is 2.08. The summed E-state index contributed by atoms with van der Waals surface area (Å²) in [5.41, 5.74) is 3.25. The van der Waals surface area contributed by atoms with E-state index >= 15 is 0 Å². The van der Waals surface area contributed by atoms with Gasteiger partial charge in [0, 0.05) is 13.3 Å². The van der Waals surface area contributed by atoms with E-state index in [1.54, 1.807) is 6.92 Å². The van der Waals surface area contributed by atoms with Gasteiger partial charge in [0.15, 0.2) is 11.5 Å². The van der Waals surface area contributed by atoms with E-state index < -0.39 is 42.3 Å². The Morgan fingerprint density at radius 2 is 2.06 bits per heavy atom. The molecular weight excluding hydrogens is 244 g/mol. The molecule has 8 nitrogen and oxygen atoms in total. The molecule has 1 rings (SSSR count). The van der Waals surface area contributed by atoms with Crippen molar-refractivity contribution in [3.8, 4) is 0 Å². The lowest BCUT2D eigenvalue weighted by atomic mass is 9.83. The highest BCUT2D eigenvalue weighted by Gasteiger charge is 2.59. The summed E-state index contributed by atoms with van der Waals surface area (Å²) in [6, 6.07) is -1.41. The predicted octanol–water partition coefficient (Wildman–Crippen LogP) is -3.01. The van der Waals surface area contributed by atoms with Gasteiger partial charge in [0.25, 0.3) is 0 Å². The molecule has 0 saturated carbocycles. The van der Waals surface area contributed by atoms with Crippen molar-refractivity contribution < 1.29 is 30.0 Å². The summed E-state index contributed by atoms with van der Waals surface area (Å²) < 4.78 is 5.13. The van der Waals surface area contributed by atoms with Crippen LogP contribution in [0.2, 0.25) is 0 Å². The maximum atomic E-state index is 11.1. The van der Waals surface area contributed by atoms with Crippen molar-refractivity contribution in [2.75, 3.05) is 6.61 Å². The number of carbonyl (C=O) groups excluding carboxylic acids is 1. The Bertz CT molecular complexity index is 319. The van der Waals surface area contributed by atoms with E-state index in [0.717, 1.165) is 0 Å². The van der Waals surface area contributed by atoms with Gasteiger partial charge in [0.05, 0.1) is 6.61 Å². The molecule has 5 atom stereocenters. The van der Waals surface area contributed by atoms with Gasteiger partial charge in [0.1, 0.15) is 18.2 Å². The summed E-state index contributed by atoms with van der Waals surface area (Å²) in [5, 5.41) is 41.4. The molecule has 0 aromatic carbocycles. The number of carbonyl (C=O) groups is 1. The summed E-state index contributed by atoms with van der Waals surface area (Å²) in [7, 11) is 0. The highest BCUT2D eigenvalue weighted by molar-refractivity contribution is 5.73. The quantitative estimate of drug-likeness (QED) is 0.298. The van der Waals surface area contributed by atoms with E-state index in [4.69, 9.17) is 15.6 Å². The van der Waals surface area contributed by atoms with Crippen LogP contribution in [0.15, 0.2) is 0 Å². The van der Waals surface area contributed by atoms with Crippen molar-refractivity contribution in [3.63, 3.8) is 0 Å². The summed E-state index contributed by atoms with van der Waals surface area (Å²) in [6.07, 6.45) is -2.89. The minimum Gasteiger partial charge on any atom is -0.394 e. The van der Waals surface area contributed by atoms with Gasteiger partial charge < -0.3 is 30.5 Å². The van der Waals surface area contributed by atoms with Gasteiger partial charge in [-0.1, -0.05) is 6.92 Å². The second-order valence-corrected chi connectivity index (χ2v) is 4.50. The summed E-state index contributed by atoms with van der Waals surface area (Å²) >= 11 is 0. The molecule has 0 aromatic heterocycles. The molecular formula is C10H20N2O6. The van der Waals surface area contributed by atoms with Gasteiger partial charge in [-0.15, -0.1) is 0 Å². The van der Waals surface area contributed by atoms with Crippen molar-refractivity contribution in [2.45, 2.75) is 50.0 Å². The topological polar surface area (TPSA) is 145 Å². The van der Waals surface area contributed by atoms with Gasteiger partial charge in [-0.25, -0.2) is 0 Å². The molecule has 1 aliphatic heterocycles. The maximum absolute atomic E-state index is 11.1. The van der Waals surface area contributed by atoms with Crippen LogP contribution in [-0.2, 0) is 9.53 Å². The number of amides is 1. The first-order valence-corrected chi connectivity index (χ1v) is 5.66. The van der Waals surface area contributed by atoms with Gasteiger partial charge >= 0.3 is 0 Å². The first-order chi connectivity index (χ1) is 8.19. The molecule has 0 bridgehead atoms. The molecule has 0 aliphatic carbocycles. The average molecular weight is 264 g/mol. The summed E-state index contributed by atoms with van der Waals surface area (Å²) in [6.45, 7) is 2.10. The lowest BCUT2D eigenvalue weighted by Crippen LogP contribution is -2.79. The monoisotopic (exact) mass is 264 g/mol. The van der Waals surface area contributed by atoms with Gasteiger partial charge in [0.2, 0.25) is 5.91 Å². The number of ether oxygens (including phenoxy) is 1. The molecule has 7 N–H and O–H groups in total. The molecule has 0 spiro atoms. The Hall–Kier alpha value is -0.770. The van der Waals surface area contributed by atoms with Crippen LogP contribution in [-0.4, -0.2) is 62.7 Å². The highest BCUT2D eigenvalue weighted by Crippen LogP contribution is 2.34. The zero-order chi connectivity index (χ0) is 14.1. The number of nitrogens with two attached hydrogens (primary N) is 1. The zero-order valence-corrected chi connectivity index (χ0v) is 10.3.